The second kappa shape index (κ2) is 7.03. The van der Waals surface area contributed by atoms with Crippen molar-refractivity contribution in [2.75, 3.05) is 10.6 Å². The maximum atomic E-state index is 13.0. The average Bonchev–Trinajstić information content (AvgIpc) is 2.48. The van der Waals surface area contributed by atoms with E-state index in [0.717, 1.165) is 11.4 Å². The van der Waals surface area contributed by atoms with E-state index < -0.39 is 0 Å². The van der Waals surface area contributed by atoms with Crippen molar-refractivity contribution < 1.29 is 4.39 Å². The third-order valence-corrected chi connectivity index (χ3v) is 3.53. The standard InChI is InChI=1S/C17H13Cl2FN4/c1-10-6-16(22-15-8-11(18)7-12(19)9-15)24-17(21-10)23-14-4-2-13(20)3-5-14/h2-9H,1H3,(H2,21,22,23,24). The molecule has 0 spiro atoms. The molecule has 3 rings (SSSR count). The molecule has 0 aliphatic heterocycles. The zero-order valence-corrected chi connectivity index (χ0v) is 14.2. The Morgan fingerprint density at radius 3 is 2.17 bits per heavy atom. The number of benzene rings is 2. The van der Waals surface area contributed by atoms with Crippen LogP contribution in [0.25, 0.3) is 0 Å². The largest absolute Gasteiger partial charge is 0.340 e. The maximum Gasteiger partial charge on any atom is 0.229 e. The number of nitrogens with zero attached hydrogens (tertiary/aromatic N) is 2. The fraction of sp³-hybridized carbons (Fsp3) is 0.0588. The number of nitrogens with one attached hydrogen (secondary N) is 2. The van der Waals surface area contributed by atoms with Crippen LogP contribution in [-0.2, 0) is 0 Å². The summed E-state index contributed by atoms with van der Waals surface area (Å²) in [4.78, 5) is 8.71. The van der Waals surface area contributed by atoms with E-state index in [0.29, 0.717) is 27.5 Å². The first kappa shape index (κ1) is 16.5. The molecular weight excluding hydrogens is 350 g/mol. The summed E-state index contributed by atoms with van der Waals surface area (Å²) in [5.74, 6) is 0.688. The highest BCUT2D eigenvalue weighted by molar-refractivity contribution is 6.35. The van der Waals surface area contributed by atoms with E-state index in [1.165, 1.54) is 12.1 Å². The predicted octanol–water partition coefficient (Wildman–Crippen LogP) is 5.72. The lowest BCUT2D eigenvalue weighted by Crippen LogP contribution is -2.02. The molecule has 7 heteroatoms. The summed E-state index contributed by atoms with van der Waals surface area (Å²) in [6.07, 6.45) is 0. The highest BCUT2D eigenvalue weighted by atomic mass is 35.5. The second-order valence-corrected chi connectivity index (χ2v) is 6.01. The van der Waals surface area contributed by atoms with Gasteiger partial charge >= 0.3 is 0 Å². The Balaban J connectivity index is 1.84. The molecule has 0 radical (unpaired) electrons. The van der Waals surface area contributed by atoms with Crippen molar-refractivity contribution in [2.45, 2.75) is 6.92 Å². The zero-order valence-electron chi connectivity index (χ0n) is 12.6. The number of halogens is 3. The Kier molecular flexibility index (Phi) is 4.83. The molecular formula is C17H13Cl2FN4. The quantitative estimate of drug-likeness (QED) is 0.623. The lowest BCUT2D eigenvalue weighted by atomic mass is 10.3. The van der Waals surface area contributed by atoms with Gasteiger partial charge in [-0.25, -0.2) is 9.37 Å². The van der Waals surface area contributed by atoms with Crippen LogP contribution >= 0.6 is 23.2 Å². The van der Waals surface area contributed by atoms with Gasteiger partial charge in [-0.05, 0) is 49.4 Å². The Morgan fingerprint density at radius 1 is 0.833 bits per heavy atom. The van der Waals surface area contributed by atoms with Gasteiger partial charge in [-0.1, -0.05) is 23.2 Å². The van der Waals surface area contributed by atoms with Crippen LogP contribution in [0.5, 0.6) is 0 Å². The minimum Gasteiger partial charge on any atom is -0.340 e. The van der Waals surface area contributed by atoms with Crippen molar-refractivity contribution >= 4 is 46.3 Å². The van der Waals surface area contributed by atoms with Gasteiger partial charge in [0.25, 0.3) is 0 Å². The average molecular weight is 363 g/mol. The van der Waals surface area contributed by atoms with E-state index in [4.69, 9.17) is 23.2 Å². The minimum atomic E-state index is -0.300. The molecule has 1 heterocycles. The highest BCUT2D eigenvalue weighted by Gasteiger charge is 2.05. The molecule has 0 saturated carbocycles. The van der Waals surface area contributed by atoms with Crippen molar-refractivity contribution in [1.29, 1.82) is 0 Å². The van der Waals surface area contributed by atoms with Crippen LogP contribution in [0.1, 0.15) is 5.69 Å². The summed E-state index contributed by atoms with van der Waals surface area (Å²) in [6.45, 7) is 1.85. The van der Waals surface area contributed by atoms with Gasteiger partial charge in [0.2, 0.25) is 5.95 Å². The first-order chi connectivity index (χ1) is 11.5. The van der Waals surface area contributed by atoms with Crippen LogP contribution in [0, 0.1) is 12.7 Å². The van der Waals surface area contributed by atoms with Crippen molar-refractivity contribution in [3.63, 3.8) is 0 Å². The molecule has 0 atom stereocenters. The lowest BCUT2D eigenvalue weighted by Gasteiger charge is -2.10. The van der Waals surface area contributed by atoms with Crippen LogP contribution in [0.3, 0.4) is 0 Å². The Labute approximate surface area is 148 Å². The van der Waals surface area contributed by atoms with Crippen LogP contribution < -0.4 is 10.6 Å². The molecule has 24 heavy (non-hydrogen) atoms. The minimum absolute atomic E-state index is 0.300. The van der Waals surface area contributed by atoms with Gasteiger partial charge < -0.3 is 10.6 Å². The van der Waals surface area contributed by atoms with Gasteiger partial charge in [0.1, 0.15) is 11.6 Å². The molecule has 2 aromatic carbocycles. The van der Waals surface area contributed by atoms with Gasteiger partial charge in [0.15, 0.2) is 0 Å². The van der Waals surface area contributed by atoms with E-state index in [9.17, 15) is 4.39 Å². The van der Waals surface area contributed by atoms with Gasteiger partial charge in [-0.15, -0.1) is 0 Å². The van der Waals surface area contributed by atoms with E-state index in [1.54, 1.807) is 36.4 Å². The second-order valence-electron chi connectivity index (χ2n) is 5.13. The van der Waals surface area contributed by atoms with Gasteiger partial charge in [-0.3, -0.25) is 0 Å². The number of aryl methyl sites for hydroxylation is 1. The summed E-state index contributed by atoms with van der Waals surface area (Å²) in [6, 6.07) is 12.9. The van der Waals surface area contributed by atoms with Crippen LogP contribution in [0.4, 0.5) is 27.5 Å². The molecule has 4 nitrogen and oxygen atoms in total. The number of hydrogen-bond acceptors (Lipinski definition) is 4. The molecule has 0 bridgehead atoms. The third-order valence-electron chi connectivity index (χ3n) is 3.09. The molecule has 1 aromatic heterocycles. The summed E-state index contributed by atoms with van der Waals surface area (Å²) in [5.41, 5.74) is 2.18. The summed E-state index contributed by atoms with van der Waals surface area (Å²) < 4.78 is 13.0. The first-order valence-electron chi connectivity index (χ1n) is 7.09. The van der Waals surface area contributed by atoms with Gasteiger partial charge in [0.05, 0.1) is 0 Å². The first-order valence-corrected chi connectivity index (χ1v) is 7.85. The molecule has 0 amide bonds. The Bertz CT molecular complexity index is 849. The molecule has 0 aliphatic rings. The number of aromatic nitrogens is 2. The lowest BCUT2D eigenvalue weighted by molar-refractivity contribution is 0.628. The normalized spacial score (nSPS) is 10.5. The summed E-state index contributed by atoms with van der Waals surface area (Å²) in [7, 11) is 0. The zero-order chi connectivity index (χ0) is 17.1. The summed E-state index contributed by atoms with van der Waals surface area (Å²) >= 11 is 12.0. The molecule has 2 N–H and O–H groups in total. The highest BCUT2D eigenvalue weighted by Crippen LogP contribution is 2.25. The van der Waals surface area contributed by atoms with Crippen LogP contribution in [-0.4, -0.2) is 9.97 Å². The smallest absolute Gasteiger partial charge is 0.229 e. The Hall–Kier alpha value is -2.37. The van der Waals surface area contributed by atoms with E-state index in [1.807, 2.05) is 6.92 Å². The van der Waals surface area contributed by atoms with E-state index >= 15 is 0 Å². The number of rotatable bonds is 4. The molecule has 3 aromatic rings. The van der Waals surface area contributed by atoms with Crippen molar-refractivity contribution in [2.24, 2.45) is 0 Å². The molecule has 0 unspecified atom stereocenters. The topological polar surface area (TPSA) is 49.8 Å². The number of anilines is 4. The predicted molar refractivity (Wildman–Crippen MR) is 96.2 cm³/mol. The van der Waals surface area contributed by atoms with Gasteiger partial charge in [0, 0.05) is 33.2 Å². The monoisotopic (exact) mass is 362 g/mol. The molecule has 0 aliphatic carbocycles. The number of hydrogen-bond donors (Lipinski definition) is 2. The maximum absolute atomic E-state index is 13.0. The fourth-order valence-corrected chi connectivity index (χ4v) is 2.65. The SMILES string of the molecule is Cc1cc(Nc2cc(Cl)cc(Cl)c2)nc(Nc2ccc(F)cc2)n1. The molecule has 122 valence electrons. The van der Waals surface area contributed by atoms with Crippen molar-refractivity contribution in [3.05, 3.63) is 70.1 Å². The molecule has 0 saturated heterocycles. The van der Waals surface area contributed by atoms with Crippen LogP contribution in [0.2, 0.25) is 10.0 Å². The third kappa shape index (κ3) is 4.34. The van der Waals surface area contributed by atoms with E-state index in [2.05, 4.69) is 20.6 Å². The van der Waals surface area contributed by atoms with Crippen molar-refractivity contribution in [3.8, 4) is 0 Å². The molecule has 0 fully saturated rings. The summed E-state index contributed by atoms with van der Waals surface area (Å²) in [5, 5.41) is 7.24. The van der Waals surface area contributed by atoms with Crippen molar-refractivity contribution in [1.82, 2.24) is 9.97 Å². The van der Waals surface area contributed by atoms with Gasteiger partial charge in [-0.2, -0.15) is 4.98 Å². The fourth-order valence-electron chi connectivity index (χ4n) is 2.12. The van der Waals surface area contributed by atoms with Crippen LogP contribution in [0.15, 0.2) is 48.5 Å². The Morgan fingerprint density at radius 2 is 1.50 bits per heavy atom. The van der Waals surface area contributed by atoms with E-state index in [-0.39, 0.29) is 5.82 Å².